The highest BCUT2D eigenvalue weighted by atomic mass is 16.5. The smallest absolute Gasteiger partial charge is 0.142 e. The van der Waals surface area contributed by atoms with Gasteiger partial charge in [-0.3, -0.25) is 0 Å². The van der Waals surface area contributed by atoms with Gasteiger partial charge in [0, 0.05) is 17.0 Å². The van der Waals surface area contributed by atoms with Gasteiger partial charge in [0.15, 0.2) is 0 Å². The van der Waals surface area contributed by atoms with Gasteiger partial charge in [0.25, 0.3) is 0 Å². The van der Waals surface area contributed by atoms with Crippen LogP contribution in [0.15, 0.2) is 24.3 Å². The molecule has 3 rings (SSSR count). The molecule has 0 spiro atoms. The minimum absolute atomic E-state index is 0.661. The summed E-state index contributed by atoms with van der Waals surface area (Å²) in [6, 6.07) is 8.46. The van der Waals surface area contributed by atoms with Crippen LogP contribution in [-0.4, -0.2) is 25.2 Å². The summed E-state index contributed by atoms with van der Waals surface area (Å²) in [7, 11) is 1.72. The first-order chi connectivity index (χ1) is 8.38. The van der Waals surface area contributed by atoms with Crippen LogP contribution in [0.4, 0.5) is 0 Å². The molecule has 90 valence electrons. The van der Waals surface area contributed by atoms with Crippen LogP contribution in [0.2, 0.25) is 0 Å². The molecule has 1 aromatic heterocycles. The summed E-state index contributed by atoms with van der Waals surface area (Å²) in [6.07, 6.45) is 2.43. The fourth-order valence-corrected chi connectivity index (χ4v) is 2.67. The molecule has 1 fully saturated rings. The van der Waals surface area contributed by atoms with E-state index in [1.54, 1.807) is 7.11 Å². The quantitative estimate of drug-likeness (QED) is 0.832. The van der Waals surface area contributed by atoms with E-state index >= 15 is 0 Å². The number of ether oxygens (including phenoxy) is 1. The molecule has 0 atom stereocenters. The van der Waals surface area contributed by atoms with Crippen molar-refractivity contribution in [2.45, 2.75) is 18.8 Å². The van der Waals surface area contributed by atoms with Gasteiger partial charge in [0.1, 0.15) is 5.75 Å². The lowest BCUT2D eigenvalue weighted by molar-refractivity contribution is 0.418. The monoisotopic (exact) mass is 230 g/mol. The lowest BCUT2D eigenvalue weighted by atomic mass is 9.95. The summed E-state index contributed by atoms with van der Waals surface area (Å²) in [5, 5.41) is 4.65. The van der Waals surface area contributed by atoms with E-state index in [0.717, 1.165) is 24.4 Å². The third kappa shape index (κ3) is 1.91. The minimum Gasteiger partial charge on any atom is -0.495 e. The molecule has 0 unspecified atom stereocenters. The average molecular weight is 230 g/mol. The van der Waals surface area contributed by atoms with Gasteiger partial charge in [-0.05, 0) is 38.1 Å². The van der Waals surface area contributed by atoms with Crippen LogP contribution in [0.5, 0.6) is 5.75 Å². The second-order valence-corrected chi connectivity index (χ2v) is 4.67. The van der Waals surface area contributed by atoms with Crippen LogP contribution in [0.25, 0.3) is 10.9 Å². The van der Waals surface area contributed by atoms with Crippen LogP contribution in [0.1, 0.15) is 24.5 Å². The molecule has 0 aliphatic carbocycles. The number of rotatable bonds is 2. The van der Waals surface area contributed by atoms with E-state index < -0.39 is 0 Å². The van der Waals surface area contributed by atoms with E-state index in [0.29, 0.717) is 5.92 Å². The molecule has 3 heteroatoms. The van der Waals surface area contributed by atoms with Gasteiger partial charge in [0.05, 0.1) is 12.6 Å². The zero-order chi connectivity index (χ0) is 11.7. The molecule has 1 aromatic carbocycles. The van der Waals surface area contributed by atoms with Crippen LogP contribution in [0, 0.1) is 0 Å². The molecular formula is C14H18N2O. The fourth-order valence-electron chi connectivity index (χ4n) is 2.67. The van der Waals surface area contributed by atoms with Crippen molar-refractivity contribution in [2.75, 3.05) is 20.2 Å². The van der Waals surface area contributed by atoms with Gasteiger partial charge in [0.2, 0.25) is 0 Å². The first kappa shape index (κ1) is 10.7. The zero-order valence-electron chi connectivity index (χ0n) is 10.1. The maximum absolute atomic E-state index is 5.38. The Bertz CT molecular complexity index is 512. The molecular weight excluding hydrogens is 212 g/mol. The molecule has 1 saturated heterocycles. The van der Waals surface area contributed by atoms with Crippen molar-refractivity contribution in [1.82, 2.24) is 10.3 Å². The summed E-state index contributed by atoms with van der Waals surface area (Å²) in [5.41, 5.74) is 2.48. The summed E-state index contributed by atoms with van der Waals surface area (Å²) in [6.45, 7) is 2.24. The number of aromatic amines is 1. The Morgan fingerprint density at radius 2 is 2.06 bits per heavy atom. The Morgan fingerprint density at radius 1 is 1.24 bits per heavy atom. The molecule has 1 aliphatic rings. The van der Waals surface area contributed by atoms with Crippen molar-refractivity contribution >= 4 is 10.9 Å². The van der Waals surface area contributed by atoms with E-state index in [9.17, 15) is 0 Å². The number of H-pyrrole nitrogens is 1. The fraction of sp³-hybridized carbons (Fsp3) is 0.429. The Labute approximate surface area is 101 Å². The molecule has 2 aromatic rings. The van der Waals surface area contributed by atoms with Crippen molar-refractivity contribution in [3.8, 4) is 5.75 Å². The third-order valence-corrected chi connectivity index (χ3v) is 3.64. The van der Waals surface area contributed by atoms with Gasteiger partial charge < -0.3 is 15.0 Å². The highest BCUT2D eigenvalue weighted by molar-refractivity contribution is 5.86. The molecule has 17 heavy (non-hydrogen) atoms. The molecule has 2 N–H and O–H groups in total. The number of hydrogen-bond donors (Lipinski definition) is 2. The van der Waals surface area contributed by atoms with Crippen LogP contribution in [-0.2, 0) is 0 Å². The Balaban J connectivity index is 2.00. The molecule has 0 saturated carbocycles. The lowest BCUT2D eigenvalue weighted by Crippen LogP contribution is -2.26. The van der Waals surface area contributed by atoms with E-state index in [2.05, 4.69) is 22.4 Å². The lowest BCUT2D eigenvalue weighted by Gasteiger charge is -2.21. The predicted octanol–water partition coefficient (Wildman–Crippen LogP) is 2.64. The largest absolute Gasteiger partial charge is 0.495 e. The van der Waals surface area contributed by atoms with E-state index in [4.69, 9.17) is 4.74 Å². The Hall–Kier alpha value is -1.48. The van der Waals surface area contributed by atoms with Crippen molar-refractivity contribution in [3.05, 3.63) is 30.0 Å². The van der Waals surface area contributed by atoms with Gasteiger partial charge in [-0.15, -0.1) is 0 Å². The molecule has 0 bridgehead atoms. The van der Waals surface area contributed by atoms with Gasteiger partial charge in [-0.25, -0.2) is 0 Å². The van der Waals surface area contributed by atoms with E-state index in [-0.39, 0.29) is 0 Å². The van der Waals surface area contributed by atoms with Crippen molar-refractivity contribution < 1.29 is 4.74 Å². The number of methoxy groups -OCH3 is 1. The molecule has 2 heterocycles. The summed E-state index contributed by atoms with van der Waals surface area (Å²) < 4.78 is 5.38. The molecule has 0 amide bonds. The number of aromatic nitrogens is 1. The first-order valence-corrected chi connectivity index (χ1v) is 6.25. The normalized spacial score (nSPS) is 17.5. The van der Waals surface area contributed by atoms with E-state index in [1.807, 2.05) is 12.1 Å². The second kappa shape index (κ2) is 4.41. The topological polar surface area (TPSA) is 37.0 Å². The van der Waals surface area contributed by atoms with Gasteiger partial charge >= 0.3 is 0 Å². The van der Waals surface area contributed by atoms with E-state index in [1.165, 1.54) is 23.9 Å². The SMILES string of the molecule is COc1cccc2cc(C3CCNCC3)[nH]c12. The number of para-hydroxylation sites is 1. The molecule has 0 radical (unpaired) electrons. The van der Waals surface area contributed by atoms with Crippen LogP contribution in [0.3, 0.4) is 0 Å². The summed E-state index contributed by atoms with van der Waals surface area (Å²) >= 11 is 0. The average Bonchev–Trinajstić information content (AvgIpc) is 2.83. The maximum Gasteiger partial charge on any atom is 0.142 e. The number of benzene rings is 1. The van der Waals surface area contributed by atoms with Crippen molar-refractivity contribution in [2.24, 2.45) is 0 Å². The number of piperidine rings is 1. The Kier molecular flexibility index (Phi) is 2.77. The zero-order valence-corrected chi connectivity index (χ0v) is 10.1. The molecule has 1 aliphatic heterocycles. The molecule has 3 nitrogen and oxygen atoms in total. The number of nitrogens with one attached hydrogen (secondary N) is 2. The second-order valence-electron chi connectivity index (χ2n) is 4.67. The number of fused-ring (bicyclic) bond motifs is 1. The number of hydrogen-bond acceptors (Lipinski definition) is 2. The van der Waals surface area contributed by atoms with Crippen molar-refractivity contribution in [3.63, 3.8) is 0 Å². The van der Waals surface area contributed by atoms with Gasteiger partial charge in [-0.1, -0.05) is 12.1 Å². The van der Waals surface area contributed by atoms with Crippen LogP contribution < -0.4 is 10.1 Å². The predicted molar refractivity (Wildman–Crippen MR) is 69.7 cm³/mol. The standard InChI is InChI=1S/C14H18N2O/c1-17-13-4-2-3-11-9-12(16-14(11)13)10-5-7-15-8-6-10/h2-4,9-10,15-16H,5-8H2,1H3. The highest BCUT2D eigenvalue weighted by Crippen LogP contribution is 2.31. The van der Waals surface area contributed by atoms with Crippen LogP contribution >= 0.6 is 0 Å². The summed E-state index contributed by atoms with van der Waals surface area (Å²) in [5.74, 6) is 1.59. The van der Waals surface area contributed by atoms with Gasteiger partial charge in [-0.2, -0.15) is 0 Å². The highest BCUT2D eigenvalue weighted by Gasteiger charge is 2.17. The maximum atomic E-state index is 5.38. The summed E-state index contributed by atoms with van der Waals surface area (Å²) in [4.78, 5) is 3.53. The van der Waals surface area contributed by atoms with Crippen molar-refractivity contribution in [1.29, 1.82) is 0 Å². The third-order valence-electron chi connectivity index (χ3n) is 3.64. The Morgan fingerprint density at radius 3 is 2.82 bits per heavy atom. The minimum atomic E-state index is 0.661. The first-order valence-electron chi connectivity index (χ1n) is 6.25.